The standard InChI is InChI=1S/C19H27N5O/c1-15-18(16-8-5-4-6-9-16)21-23(3)19(15)20-17(25)14-24-11-7-10-22(2)12-13-24/h4-6,8-9H,7,10-14H2,1-3H3,(H,20,25). The quantitative estimate of drug-likeness (QED) is 0.924. The van der Waals surface area contributed by atoms with Crippen molar-refractivity contribution in [2.75, 3.05) is 45.1 Å². The Bertz CT molecular complexity index is 725. The van der Waals surface area contributed by atoms with Crippen molar-refractivity contribution in [1.29, 1.82) is 0 Å². The van der Waals surface area contributed by atoms with E-state index >= 15 is 0 Å². The van der Waals surface area contributed by atoms with E-state index in [4.69, 9.17) is 0 Å². The van der Waals surface area contributed by atoms with Crippen LogP contribution >= 0.6 is 0 Å². The Morgan fingerprint density at radius 3 is 2.64 bits per heavy atom. The van der Waals surface area contributed by atoms with Crippen molar-refractivity contribution < 1.29 is 4.79 Å². The minimum atomic E-state index is 0.0234. The maximum atomic E-state index is 12.5. The minimum absolute atomic E-state index is 0.0234. The molecule has 0 atom stereocenters. The number of anilines is 1. The van der Waals surface area contributed by atoms with Crippen LogP contribution < -0.4 is 5.32 Å². The van der Waals surface area contributed by atoms with Gasteiger partial charge in [-0.15, -0.1) is 0 Å². The largest absolute Gasteiger partial charge is 0.310 e. The third-order valence-corrected chi connectivity index (χ3v) is 4.77. The minimum Gasteiger partial charge on any atom is -0.310 e. The fraction of sp³-hybridized carbons (Fsp3) is 0.474. The number of aryl methyl sites for hydroxylation is 1. The zero-order valence-electron chi connectivity index (χ0n) is 15.3. The number of hydrogen-bond donors (Lipinski definition) is 1. The van der Waals surface area contributed by atoms with E-state index in [1.54, 1.807) is 4.68 Å². The van der Waals surface area contributed by atoms with E-state index in [9.17, 15) is 4.79 Å². The molecule has 1 aliphatic rings. The first kappa shape index (κ1) is 17.6. The van der Waals surface area contributed by atoms with Crippen LogP contribution in [0.2, 0.25) is 0 Å². The fourth-order valence-electron chi connectivity index (χ4n) is 3.31. The van der Waals surface area contributed by atoms with Gasteiger partial charge in [-0.05, 0) is 33.5 Å². The van der Waals surface area contributed by atoms with E-state index < -0.39 is 0 Å². The van der Waals surface area contributed by atoms with Crippen LogP contribution in [0.25, 0.3) is 11.3 Å². The van der Waals surface area contributed by atoms with Gasteiger partial charge in [0.25, 0.3) is 0 Å². The third-order valence-electron chi connectivity index (χ3n) is 4.77. The number of rotatable bonds is 4. The summed E-state index contributed by atoms with van der Waals surface area (Å²) >= 11 is 0. The Labute approximate surface area is 149 Å². The Kier molecular flexibility index (Phi) is 5.50. The summed E-state index contributed by atoms with van der Waals surface area (Å²) in [6, 6.07) is 10.1. The lowest BCUT2D eigenvalue weighted by Gasteiger charge is -2.19. The van der Waals surface area contributed by atoms with E-state index in [2.05, 4.69) is 27.3 Å². The molecule has 1 amide bonds. The van der Waals surface area contributed by atoms with Crippen LogP contribution in [-0.2, 0) is 11.8 Å². The zero-order chi connectivity index (χ0) is 17.8. The molecule has 2 heterocycles. The zero-order valence-corrected chi connectivity index (χ0v) is 15.3. The maximum absolute atomic E-state index is 12.5. The van der Waals surface area contributed by atoms with Gasteiger partial charge in [0.15, 0.2) is 0 Å². The third kappa shape index (κ3) is 4.27. The Balaban J connectivity index is 1.68. The van der Waals surface area contributed by atoms with Crippen LogP contribution in [0.3, 0.4) is 0 Å². The van der Waals surface area contributed by atoms with Crippen LogP contribution in [0.5, 0.6) is 0 Å². The summed E-state index contributed by atoms with van der Waals surface area (Å²) in [6.45, 7) is 6.45. The summed E-state index contributed by atoms with van der Waals surface area (Å²) in [7, 11) is 4.00. The molecule has 25 heavy (non-hydrogen) atoms. The topological polar surface area (TPSA) is 53.4 Å². The molecule has 1 fully saturated rings. The summed E-state index contributed by atoms with van der Waals surface area (Å²) < 4.78 is 1.76. The normalized spacial score (nSPS) is 16.6. The van der Waals surface area contributed by atoms with Crippen molar-refractivity contribution in [1.82, 2.24) is 19.6 Å². The molecule has 1 N–H and O–H groups in total. The SMILES string of the molecule is Cc1c(-c2ccccc2)nn(C)c1NC(=O)CN1CCCN(C)CC1. The average Bonchev–Trinajstić information content (AvgIpc) is 2.75. The molecular weight excluding hydrogens is 314 g/mol. The summed E-state index contributed by atoms with van der Waals surface area (Å²) in [6.07, 6.45) is 1.10. The highest BCUT2D eigenvalue weighted by atomic mass is 16.2. The lowest BCUT2D eigenvalue weighted by molar-refractivity contribution is -0.117. The van der Waals surface area contributed by atoms with E-state index in [0.29, 0.717) is 6.54 Å². The second-order valence-corrected chi connectivity index (χ2v) is 6.79. The van der Waals surface area contributed by atoms with Gasteiger partial charge in [0.1, 0.15) is 5.82 Å². The summed E-state index contributed by atoms with van der Waals surface area (Å²) in [4.78, 5) is 17.1. The van der Waals surface area contributed by atoms with Gasteiger partial charge in [-0.2, -0.15) is 5.10 Å². The molecule has 0 aliphatic carbocycles. The van der Waals surface area contributed by atoms with E-state index in [1.165, 1.54) is 0 Å². The molecule has 0 saturated carbocycles. The molecule has 6 nitrogen and oxygen atoms in total. The van der Waals surface area contributed by atoms with E-state index in [1.807, 2.05) is 44.3 Å². The Morgan fingerprint density at radius 2 is 1.88 bits per heavy atom. The van der Waals surface area contributed by atoms with Gasteiger partial charge < -0.3 is 10.2 Å². The number of nitrogens with zero attached hydrogens (tertiary/aromatic N) is 4. The molecule has 1 aliphatic heterocycles. The maximum Gasteiger partial charge on any atom is 0.239 e. The Hall–Kier alpha value is -2.18. The molecule has 3 rings (SSSR count). The van der Waals surface area contributed by atoms with E-state index in [0.717, 1.165) is 55.2 Å². The average molecular weight is 341 g/mol. The number of amides is 1. The highest BCUT2D eigenvalue weighted by Crippen LogP contribution is 2.27. The molecule has 6 heteroatoms. The van der Waals surface area contributed by atoms with Crippen molar-refractivity contribution >= 4 is 11.7 Å². The van der Waals surface area contributed by atoms with Gasteiger partial charge in [-0.3, -0.25) is 14.4 Å². The number of likely N-dealkylation sites (N-methyl/N-ethyl adjacent to an activating group) is 1. The van der Waals surface area contributed by atoms with E-state index in [-0.39, 0.29) is 5.91 Å². The Morgan fingerprint density at radius 1 is 1.12 bits per heavy atom. The number of benzene rings is 1. The lowest BCUT2D eigenvalue weighted by atomic mass is 10.1. The smallest absolute Gasteiger partial charge is 0.239 e. The van der Waals surface area contributed by atoms with Gasteiger partial charge >= 0.3 is 0 Å². The number of hydrogen-bond acceptors (Lipinski definition) is 4. The first-order chi connectivity index (χ1) is 12.0. The second kappa shape index (κ2) is 7.80. The molecule has 0 spiro atoms. The van der Waals surface area contributed by atoms with Crippen LogP contribution in [0, 0.1) is 6.92 Å². The summed E-state index contributed by atoms with van der Waals surface area (Å²) in [5, 5.41) is 7.64. The molecule has 1 aromatic carbocycles. The lowest BCUT2D eigenvalue weighted by Crippen LogP contribution is -2.36. The van der Waals surface area contributed by atoms with Crippen LogP contribution in [0.1, 0.15) is 12.0 Å². The molecule has 1 saturated heterocycles. The van der Waals surface area contributed by atoms with Crippen molar-refractivity contribution in [2.45, 2.75) is 13.3 Å². The van der Waals surface area contributed by atoms with Crippen molar-refractivity contribution in [3.63, 3.8) is 0 Å². The van der Waals surface area contributed by atoms with Crippen LogP contribution in [0.4, 0.5) is 5.82 Å². The number of carbonyl (C=O) groups is 1. The van der Waals surface area contributed by atoms with Crippen molar-refractivity contribution in [3.05, 3.63) is 35.9 Å². The highest BCUT2D eigenvalue weighted by Gasteiger charge is 2.19. The van der Waals surface area contributed by atoms with Gasteiger partial charge in [0.2, 0.25) is 5.91 Å². The molecule has 0 bridgehead atoms. The summed E-state index contributed by atoms with van der Waals surface area (Å²) in [5.74, 6) is 0.797. The van der Waals surface area contributed by atoms with Crippen LogP contribution in [0.15, 0.2) is 30.3 Å². The fourth-order valence-corrected chi connectivity index (χ4v) is 3.31. The molecule has 134 valence electrons. The molecule has 0 unspecified atom stereocenters. The number of aromatic nitrogens is 2. The predicted molar refractivity (Wildman–Crippen MR) is 101 cm³/mol. The van der Waals surface area contributed by atoms with Crippen molar-refractivity contribution in [3.8, 4) is 11.3 Å². The monoisotopic (exact) mass is 341 g/mol. The van der Waals surface area contributed by atoms with Crippen LogP contribution in [-0.4, -0.2) is 65.3 Å². The highest BCUT2D eigenvalue weighted by molar-refractivity contribution is 5.93. The summed E-state index contributed by atoms with van der Waals surface area (Å²) in [5.41, 5.74) is 2.97. The molecule has 2 aromatic rings. The van der Waals surface area contributed by atoms with Gasteiger partial charge in [0.05, 0.1) is 12.2 Å². The van der Waals surface area contributed by atoms with Gasteiger partial charge in [-0.25, -0.2) is 0 Å². The second-order valence-electron chi connectivity index (χ2n) is 6.79. The van der Waals surface area contributed by atoms with Crippen molar-refractivity contribution in [2.24, 2.45) is 7.05 Å². The number of carbonyl (C=O) groups excluding carboxylic acids is 1. The first-order valence-electron chi connectivity index (χ1n) is 8.84. The molecule has 1 aromatic heterocycles. The molecular formula is C19H27N5O. The first-order valence-corrected chi connectivity index (χ1v) is 8.84. The van der Waals surface area contributed by atoms with Gasteiger partial charge in [0, 0.05) is 31.3 Å². The predicted octanol–water partition coefficient (Wildman–Crippen LogP) is 1.97. The van der Waals surface area contributed by atoms with Gasteiger partial charge in [-0.1, -0.05) is 30.3 Å². The molecule has 0 radical (unpaired) electrons. The number of nitrogens with one attached hydrogen (secondary N) is 1.